The molecule has 4 nitrogen and oxygen atoms in total. The van der Waals surface area contributed by atoms with Crippen LogP contribution < -0.4 is 4.90 Å². The lowest BCUT2D eigenvalue weighted by atomic mass is 9.76. The molecule has 2 fully saturated rings. The predicted molar refractivity (Wildman–Crippen MR) is 76.2 cm³/mol. The van der Waals surface area contributed by atoms with Crippen LogP contribution in [0.4, 0.5) is 5.82 Å². The predicted octanol–water partition coefficient (Wildman–Crippen LogP) is 2.97. The van der Waals surface area contributed by atoms with Crippen molar-refractivity contribution in [1.29, 1.82) is 0 Å². The summed E-state index contributed by atoms with van der Waals surface area (Å²) in [6, 6.07) is 2.08. The third-order valence-corrected chi connectivity index (χ3v) is 5.10. The van der Waals surface area contributed by atoms with Gasteiger partial charge in [0.15, 0.2) is 0 Å². The minimum atomic E-state index is 0.584. The minimum absolute atomic E-state index is 0.584. The highest BCUT2D eigenvalue weighted by Crippen LogP contribution is 2.51. The fourth-order valence-corrected chi connectivity index (χ4v) is 3.53. The van der Waals surface area contributed by atoms with E-state index in [0.717, 1.165) is 35.9 Å². The highest BCUT2D eigenvalue weighted by atomic mass is 15.2. The van der Waals surface area contributed by atoms with Crippen molar-refractivity contribution in [2.24, 2.45) is 11.3 Å². The summed E-state index contributed by atoms with van der Waals surface area (Å²) in [6.07, 6.45) is 9.11. The fraction of sp³-hybridized carbons (Fsp3) is 0.600. The highest BCUT2D eigenvalue weighted by molar-refractivity contribution is 5.87. The summed E-state index contributed by atoms with van der Waals surface area (Å²) in [5, 5.41) is 1.15. The van der Waals surface area contributed by atoms with E-state index in [1.54, 1.807) is 6.33 Å². The smallest absolute Gasteiger partial charge is 0.142 e. The van der Waals surface area contributed by atoms with Crippen molar-refractivity contribution in [3.05, 3.63) is 18.6 Å². The number of aromatic amines is 1. The van der Waals surface area contributed by atoms with E-state index < -0.39 is 0 Å². The first-order valence-electron chi connectivity index (χ1n) is 7.29. The Morgan fingerprint density at radius 2 is 2.05 bits per heavy atom. The third kappa shape index (κ3) is 1.81. The zero-order valence-corrected chi connectivity index (χ0v) is 11.4. The van der Waals surface area contributed by atoms with E-state index in [1.165, 1.54) is 25.7 Å². The second-order valence-electron chi connectivity index (χ2n) is 6.35. The second-order valence-corrected chi connectivity index (χ2v) is 6.35. The van der Waals surface area contributed by atoms with Crippen molar-refractivity contribution in [3.63, 3.8) is 0 Å². The van der Waals surface area contributed by atoms with Gasteiger partial charge in [-0.3, -0.25) is 0 Å². The molecule has 1 aliphatic heterocycles. The molecule has 2 aromatic heterocycles. The monoisotopic (exact) mass is 256 g/mol. The molecule has 0 unspecified atom stereocenters. The summed E-state index contributed by atoms with van der Waals surface area (Å²) < 4.78 is 0. The number of hydrogen-bond acceptors (Lipinski definition) is 3. The van der Waals surface area contributed by atoms with Gasteiger partial charge in [0.1, 0.15) is 17.8 Å². The van der Waals surface area contributed by atoms with E-state index in [9.17, 15) is 0 Å². The van der Waals surface area contributed by atoms with Crippen molar-refractivity contribution in [3.8, 4) is 0 Å². The van der Waals surface area contributed by atoms with E-state index in [0.29, 0.717) is 5.41 Å². The van der Waals surface area contributed by atoms with Gasteiger partial charge in [-0.05, 0) is 43.1 Å². The van der Waals surface area contributed by atoms with Crippen LogP contribution in [0.2, 0.25) is 0 Å². The van der Waals surface area contributed by atoms with Gasteiger partial charge in [0.05, 0.1) is 5.39 Å². The Hall–Kier alpha value is -1.58. The van der Waals surface area contributed by atoms with Gasteiger partial charge in [-0.25, -0.2) is 9.97 Å². The Labute approximate surface area is 113 Å². The third-order valence-electron chi connectivity index (χ3n) is 5.10. The van der Waals surface area contributed by atoms with Gasteiger partial charge in [-0.1, -0.05) is 6.92 Å². The van der Waals surface area contributed by atoms with E-state index >= 15 is 0 Å². The highest BCUT2D eigenvalue weighted by Gasteiger charge is 2.43. The molecule has 0 atom stereocenters. The van der Waals surface area contributed by atoms with Gasteiger partial charge in [-0.15, -0.1) is 0 Å². The SMILES string of the molecule is CC1(C2CC2)CCN(c2ncnc3[nH]ccc23)CC1. The van der Waals surface area contributed by atoms with Crippen molar-refractivity contribution in [1.82, 2.24) is 15.0 Å². The first-order valence-corrected chi connectivity index (χ1v) is 7.29. The van der Waals surface area contributed by atoms with Crippen molar-refractivity contribution in [2.75, 3.05) is 18.0 Å². The quantitative estimate of drug-likeness (QED) is 0.898. The van der Waals surface area contributed by atoms with Gasteiger partial charge in [0, 0.05) is 19.3 Å². The number of aromatic nitrogens is 3. The number of rotatable bonds is 2. The maximum atomic E-state index is 4.51. The number of nitrogens with one attached hydrogen (secondary N) is 1. The summed E-state index contributed by atoms with van der Waals surface area (Å²) in [5.74, 6) is 2.09. The Kier molecular flexibility index (Phi) is 2.34. The summed E-state index contributed by atoms with van der Waals surface area (Å²) >= 11 is 0. The molecule has 2 aliphatic rings. The van der Waals surface area contributed by atoms with Gasteiger partial charge >= 0.3 is 0 Å². The average molecular weight is 256 g/mol. The molecule has 0 bridgehead atoms. The van der Waals surface area contributed by atoms with Crippen LogP contribution in [0.3, 0.4) is 0 Å². The maximum Gasteiger partial charge on any atom is 0.142 e. The van der Waals surface area contributed by atoms with Crippen molar-refractivity contribution < 1.29 is 0 Å². The lowest BCUT2D eigenvalue weighted by Crippen LogP contribution is -2.40. The molecule has 1 N–H and O–H groups in total. The lowest BCUT2D eigenvalue weighted by molar-refractivity contribution is 0.207. The van der Waals surface area contributed by atoms with Crippen LogP contribution in [0, 0.1) is 11.3 Å². The number of piperidine rings is 1. The molecule has 0 radical (unpaired) electrons. The summed E-state index contributed by atoms with van der Waals surface area (Å²) in [6.45, 7) is 4.74. The van der Waals surface area contributed by atoms with Crippen LogP contribution >= 0.6 is 0 Å². The zero-order chi connectivity index (χ0) is 12.9. The standard InChI is InChI=1S/C15H20N4/c1-15(11-2-3-11)5-8-19(9-6-15)14-12-4-7-16-13(12)17-10-18-14/h4,7,10-11H,2-3,5-6,8-9H2,1H3,(H,16,17,18). The molecule has 2 aromatic rings. The number of H-pyrrole nitrogens is 1. The van der Waals surface area contributed by atoms with Crippen molar-refractivity contribution in [2.45, 2.75) is 32.6 Å². The summed E-state index contributed by atoms with van der Waals surface area (Å²) in [7, 11) is 0. The van der Waals surface area contributed by atoms with Crippen LogP contribution in [-0.2, 0) is 0 Å². The van der Waals surface area contributed by atoms with E-state index in [-0.39, 0.29) is 0 Å². The molecule has 0 spiro atoms. The number of hydrogen-bond donors (Lipinski definition) is 1. The van der Waals surface area contributed by atoms with E-state index in [4.69, 9.17) is 0 Å². The first kappa shape index (κ1) is 11.3. The molecule has 0 amide bonds. The van der Waals surface area contributed by atoms with E-state index in [1.807, 2.05) is 6.20 Å². The van der Waals surface area contributed by atoms with Crippen LogP contribution in [0.15, 0.2) is 18.6 Å². The van der Waals surface area contributed by atoms with Gasteiger partial charge < -0.3 is 9.88 Å². The number of nitrogens with zero attached hydrogens (tertiary/aromatic N) is 3. The molecule has 4 heteroatoms. The average Bonchev–Trinajstić information content (AvgIpc) is 3.18. The Morgan fingerprint density at radius 3 is 2.79 bits per heavy atom. The molecule has 0 aromatic carbocycles. The molecule has 3 heterocycles. The van der Waals surface area contributed by atoms with Gasteiger partial charge in [0.25, 0.3) is 0 Å². The lowest BCUT2D eigenvalue weighted by Gasteiger charge is -2.40. The van der Waals surface area contributed by atoms with E-state index in [2.05, 4.69) is 32.8 Å². The minimum Gasteiger partial charge on any atom is -0.356 e. The van der Waals surface area contributed by atoms with Crippen LogP contribution in [-0.4, -0.2) is 28.0 Å². The molecule has 100 valence electrons. The number of fused-ring (bicyclic) bond motifs is 1. The second kappa shape index (κ2) is 3.95. The zero-order valence-electron chi connectivity index (χ0n) is 11.4. The topological polar surface area (TPSA) is 44.8 Å². The Balaban J connectivity index is 1.59. The number of anilines is 1. The molecule has 1 saturated carbocycles. The first-order chi connectivity index (χ1) is 9.26. The van der Waals surface area contributed by atoms with Crippen LogP contribution in [0.5, 0.6) is 0 Å². The molecule has 1 saturated heterocycles. The Morgan fingerprint density at radius 1 is 1.26 bits per heavy atom. The molecule has 1 aliphatic carbocycles. The van der Waals surface area contributed by atoms with Gasteiger partial charge in [0.2, 0.25) is 0 Å². The fourth-order valence-electron chi connectivity index (χ4n) is 3.53. The largest absolute Gasteiger partial charge is 0.356 e. The Bertz CT molecular complexity index is 591. The summed E-state index contributed by atoms with van der Waals surface area (Å²) in [5.41, 5.74) is 1.53. The molecular formula is C15H20N4. The molecule has 4 rings (SSSR count). The molecule has 19 heavy (non-hydrogen) atoms. The molecular weight excluding hydrogens is 236 g/mol. The maximum absolute atomic E-state index is 4.51. The normalized spacial score (nSPS) is 22.9. The summed E-state index contributed by atoms with van der Waals surface area (Å²) in [4.78, 5) is 14.4. The van der Waals surface area contributed by atoms with Gasteiger partial charge in [-0.2, -0.15) is 0 Å². The van der Waals surface area contributed by atoms with Crippen LogP contribution in [0.25, 0.3) is 11.0 Å². The van der Waals surface area contributed by atoms with Crippen molar-refractivity contribution >= 4 is 16.9 Å². The van der Waals surface area contributed by atoms with Crippen LogP contribution in [0.1, 0.15) is 32.6 Å².